The highest BCUT2D eigenvalue weighted by atomic mass is 16.4. The van der Waals surface area contributed by atoms with Crippen LogP contribution in [-0.4, -0.2) is 35.4 Å². The van der Waals surface area contributed by atoms with Crippen LogP contribution in [0.1, 0.15) is 35.4 Å². The van der Waals surface area contributed by atoms with Gasteiger partial charge in [-0.3, -0.25) is 4.40 Å². The number of rotatable bonds is 5. The number of carbonyl (C=O) groups is 1. The van der Waals surface area contributed by atoms with E-state index in [4.69, 9.17) is 0 Å². The van der Waals surface area contributed by atoms with Gasteiger partial charge >= 0.3 is 5.97 Å². The van der Waals surface area contributed by atoms with Gasteiger partial charge < -0.3 is 10.4 Å². The van der Waals surface area contributed by atoms with Gasteiger partial charge in [-0.25, -0.2) is 24.7 Å². The number of fused-ring (bicyclic) bond motifs is 1. The van der Waals surface area contributed by atoms with Crippen molar-refractivity contribution in [3.63, 3.8) is 0 Å². The molecule has 0 fully saturated rings. The standard InChI is InChI=1S/C14H14N6O2/c1-2-10(11-7-20-5-3-4-16-14(20)19-11)18-12-9(13(21)22)6-15-8-17-12/h3-8,10H,2H2,1H3,(H,21,22)(H,15,17,18)/t10-/m1/s1. The van der Waals surface area contributed by atoms with E-state index in [0.717, 1.165) is 5.69 Å². The molecule has 0 unspecified atom stereocenters. The molecule has 22 heavy (non-hydrogen) atoms. The number of nitrogens with one attached hydrogen (secondary N) is 1. The van der Waals surface area contributed by atoms with Crippen molar-refractivity contribution >= 4 is 17.6 Å². The predicted molar refractivity (Wildman–Crippen MR) is 78.6 cm³/mol. The summed E-state index contributed by atoms with van der Waals surface area (Å²) in [4.78, 5) is 27.6. The summed E-state index contributed by atoms with van der Waals surface area (Å²) in [6, 6.07) is 1.65. The molecule has 8 heteroatoms. The van der Waals surface area contributed by atoms with E-state index in [2.05, 4.69) is 25.3 Å². The Balaban J connectivity index is 1.93. The Morgan fingerprint density at radius 2 is 2.32 bits per heavy atom. The van der Waals surface area contributed by atoms with E-state index in [1.165, 1.54) is 12.5 Å². The van der Waals surface area contributed by atoms with Gasteiger partial charge in [-0.05, 0) is 12.5 Å². The maximum atomic E-state index is 11.2. The third kappa shape index (κ3) is 2.58. The number of imidazole rings is 1. The van der Waals surface area contributed by atoms with Crippen LogP contribution in [0.5, 0.6) is 0 Å². The lowest BCUT2D eigenvalue weighted by Gasteiger charge is -2.16. The lowest BCUT2D eigenvalue weighted by Crippen LogP contribution is -2.14. The minimum atomic E-state index is -1.07. The number of carboxylic acid groups (broad SMARTS) is 1. The normalized spacial score (nSPS) is 12.2. The molecule has 0 aromatic carbocycles. The first-order chi connectivity index (χ1) is 10.7. The van der Waals surface area contributed by atoms with Crippen LogP contribution in [0.2, 0.25) is 0 Å². The number of anilines is 1. The van der Waals surface area contributed by atoms with Crippen molar-refractivity contribution in [2.45, 2.75) is 19.4 Å². The van der Waals surface area contributed by atoms with Crippen LogP contribution < -0.4 is 5.32 Å². The second-order valence-corrected chi connectivity index (χ2v) is 4.69. The van der Waals surface area contributed by atoms with Crippen LogP contribution in [-0.2, 0) is 0 Å². The molecule has 1 atom stereocenters. The monoisotopic (exact) mass is 298 g/mol. The average Bonchev–Trinajstić information content (AvgIpc) is 2.96. The van der Waals surface area contributed by atoms with E-state index >= 15 is 0 Å². The molecule has 0 bridgehead atoms. The maximum Gasteiger partial charge on any atom is 0.341 e. The Morgan fingerprint density at radius 3 is 3.05 bits per heavy atom. The van der Waals surface area contributed by atoms with Crippen molar-refractivity contribution in [3.05, 3.63) is 48.4 Å². The molecule has 112 valence electrons. The number of aromatic carboxylic acids is 1. The molecule has 0 saturated carbocycles. The predicted octanol–water partition coefficient (Wildman–Crippen LogP) is 1.78. The topological polar surface area (TPSA) is 105 Å². The minimum absolute atomic E-state index is 0.0304. The number of hydrogen-bond acceptors (Lipinski definition) is 6. The molecule has 0 aliphatic rings. The van der Waals surface area contributed by atoms with Gasteiger partial charge in [0, 0.05) is 24.8 Å². The van der Waals surface area contributed by atoms with Crippen LogP contribution in [0, 0.1) is 0 Å². The van der Waals surface area contributed by atoms with Crippen LogP contribution in [0.15, 0.2) is 37.2 Å². The quantitative estimate of drug-likeness (QED) is 0.739. The molecule has 2 N–H and O–H groups in total. The van der Waals surface area contributed by atoms with Gasteiger partial charge in [0.1, 0.15) is 17.7 Å². The molecule has 8 nitrogen and oxygen atoms in total. The average molecular weight is 298 g/mol. The molecule has 0 aliphatic heterocycles. The smallest absolute Gasteiger partial charge is 0.341 e. The van der Waals surface area contributed by atoms with E-state index in [1.807, 2.05) is 29.8 Å². The fourth-order valence-corrected chi connectivity index (χ4v) is 2.17. The summed E-state index contributed by atoms with van der Waals surface area (Å²) in [5, 5.41) is 12.3. The lowest BCUT2D eigenvalue weighted by molar-refractivity contribution is 0.0697. The Labute approximate surface area is 125 Å². The summed E-state index contributed by atoms with van der Waals surface area (Å²) in [6.45, 7) is 1.98. The van der Waals surface area contributed by atoms with Crippen molar-refractivity contribution in [3.8, 4) is 0 Å². The second-order valence-electron chi connectivity index (χ2n) is 4.69. The molecule has 0 spiro atoms. The summed E-state index contributed by atoms with van der Waals surface area (Å²) in [7, 11) is 0. The van der Waals surface area contributed by atoms with Gasteiger partial charge in [-0.1, -0.05) is 6.92 Å². The third-order valence-corrected chi connectivity index (χ3v) is 3.27. The number of aromatic nitrogens is 5. The number of nitrogens with zero attached hydrogens (tertiary/aromatic N) is 5. The Hall–Kier alpha value is -3.03. The molecule has 0 saturated heterocycles. The maximum absolute atomic E-state index is 11.2. The summed E-state index contributed by atoms with van der Waals surface area (Å²) in [6.07, 6.45) is 8.70. The van der Waals surface area contributed by atoms with Crippen molar-refractivity contribution < 1.29 is 9.90 Å². The molecular weight excluding hydrogens is 284 g/mol. The molecule has 0 amide bonds. The zero-order valence-corrected chi connectivity index (χ0v) is 11.8. The van der Waals surface area contributed by atoms with Gasteiger partial charge in [0.25, 0.3) is 0 Å². The van der Waals surface area contributed by atoms with Crippen LogP contribution in [0.25, 0.3) is 5.78 Å². The van der Waals surface area contributed by atoms with E-state index in [-0.39, 0.29) is 17.4 Å². The molecule has 0 radical (unpaired) electrons. The highest BCUT2D eigenvalue weighted by Crippen LogP contribution is 2.22. The van der Waals surface area contributed by atoms with E-state index < -0.39 is 5.97 Å². The van der Waals surface area contributed by atoms with Gasteiger partial charge in [0.05, 0.1) is 11.7 Å². The Bertz CT molecular complexity index is 783. The summed E-state index contributed by atoms with van der Waals surface area (Å²) < 4.78 is 1.82. The zero-order valence-electron chi connectivity index (χ0n) is 11.8. The van der Waals surface area contributed by atoms with Crippen molar-refractivity contribution in [2.24, 2.45) is 0 Å². The highest BCUT2D eigenvalue weighted by Gasteiger charge is 2.18. The van der Waals surface area contributed by atoms with Crippen molar-refractivity contribution in [1.29, 1.82) is 0 Å². The molecule has 3 aromatic rings. The van der Waals surface area contributed by atoms with Crippen LogP contribution in [0.3, 0.4) is 0 Å². The first kappa shape index (κ1) is 13.9. The molecule has 3 aromatic heterocycles. The lowest BCUT2D eigenvalue weighted by atomic mass is 10.1. The molecular formula is C14H14N6O2. The molecule has 0 aliphatic carbocycles. The van der Waals surface area contributed by atoms with Gasteiger partial charge in [-0.2, -0.15) is 0 Å². The van der Waals surface area contributed by atoms with Gasteiger partial charge in [-0.15, -0.1) is 0 Å². The van der Waals surface area contributed by atoms with Gasteiger partial charge in [0.15, 0.2) is 0 Å². The van der Waals surface area contributed by atoms with E-state index in [1.54, 1.807) is 6.20 Å². The van der Waals surface area contributed by atoms with Gasteiger partial charge in [0.2, 0.25) is 5.78 Å². The summed E-state index contributed by atoms with van der Waals surface area (Å²) >= 11 is 0. The third-order valence-electron chi connectivity index (χ3n) is 3.27. The molecule has 3 rings (SSSR count). The SMILES string of the molecule is CC[C@@H](Nc1ncncc1C(=O)O)c1cn2cccnc2n1. The number of carboxylic acids is 1. The number of hydrogen-bond donors (Lipinski definition) is 2. The first-order valence-electron chi connectivity index (χ1n) is 6.78. The highest BCUT2D eigenvalue weighted by molar-refractivity contribution is 5.92. The first-order valence-corrected chi connectivity index (χ1v) is 6.78. The van der Waals surface area contributed by atoms with Crippen molar-refractivity contribution in [2.75, 3.05) is 5.32 Å². The fourth-order valence-electron chi connectivity index (χ4n) is 2.17. The summed E-state index contributed by atoms with van der Waals surface area (Å²) in [5.74, 6) is -0.201. The van der Waals surface area contributed by atoms with Crippen LogP contribution >= 0.6 is 0 Å². The fraction of sp³-hybridized carbons (Fsp3) is 0.214. The zero-order chi connectivity index (χ0) is 15.5. The summed E-state index contributed by atoms with van der Waals surface area (Å²) in [5.41, 5.74) is 0.805. The Morgan fingerprint density at radius 1 is 1.45 bits per heavy atom. The molecule has 3 heterocycles. The van der Waals surface area contributed by atoms with E-state index in [0.29, 0.717) is 12.2 Å². The second kappa shape index (κ2) is 5.76. The minimum Gasteiger partial charge on any atom is -0.477 e. The largest absolute Gasteiger partial charge is 0.477 e. The van der Waals surface area contributed by atoms with Crippen molar-refractivity contribution in [1.82, 2.24) is 24.3 Å². The van der Waals surface area contributed by atoms with Crippen LogP contribution in [0.4, 0.5) is 5.82 Å². The Kier molecular flexibility index (Phi) is 3.65. The van der Waals surface area contributed by atoms with E-state index in [9.17, 15) is 9.90 Å².